The van der Waals surface area contributed by atoms with E-state index in [-0.39, 0.29) is 0 Å². The van der Waals surface area contributed by atoms with Gasteiger partial charge in [-0.2, -0.15) is 0 Å². The van der Waals surface area contributed by atoms with Crippen LogP contribution in [0.3, 0.4) is 0 Å². The van der Waals surface area contributed by atoms with E-state index in [2.05, 4.69) is 124 Å². The van der Waals surface area contributed by atoms with Crippen molar-refractivity contribution in [1.29, 1.82) is 0 Å². The van der Waals surface area contributed by atoms with Gasteiger partial charge in [0.25, 0.3) is 0 Å². The molecule has 0 amide bonds. The van der Waals surface area contributed by atoms with Crippen LogP contribution in [0.25, 0.3) is 0 Å². The van der Waals surface area contributed by atoms with Crippen molar-refractivity contribution in [2.45, 2.75) is 65.5 Å². The van der Waals surface area contributed by atoms with Gasteiger partial charge in [0.15, 0.2) is 0 Å². The molecule has 1 heterocycles. The van der Waals surface area contributed by atoms with Crippen LogP contribution >= 0.6 is 0 Å². The highest BCUT2D eigenvalue weighted by Crippen LogP contribution is 2.28. The fraction of sp³-hybridized carbons (Fsp3) is 0.353. The van der Waals surface area contributed by atoms with Gasteiger partial charge in [0, 0.05) is 36.5 Å². The largest absolute Gasteiger partial charge is 0.364 e. The molecule has 2 heteroatoms. The second kappa shape index (κ2) is 15.0. The van der Waals surface area contributed by atoms with Gasteiger partial charge < -0.3 is 9.80 Å². The highest BCUT2D eigenvalue weighted by atomic mass is 15.2. The van der Waals surface area contributed by atoms with E-state index in [0.29, 0.717) is 12.1 Å². The van der Waals surface area contributed by atoms with Crippen molar-refractivity contribution in [3.8, 4) is 0 Å². The van der Waals surface area contributed by atoms with Crippen LogP contribution in [0.15, 0.2) is 121 Å². The van der Waals surface area contributed by atoms with Crippen molar-refractivity contribution >= 4 is 11.4 Å². The Bertz CT molecular complexity index is 1000. The molecule has 1 aliphatic heterocycles. The minimum Gasteiger partial charge on any atom is -0.364 e. The van der Waals surface area contributed by atoms with E-state index in [1.165, 1.54) is 33.7 Å². The van der Waals surface area contributed by atoms with Gasteiger partial charge in [-0.25, -0.2) is 0 Å². The summed E-state index contributed by atoms with van der Waals surface area (Å²) in [6.45, 7) is 26.4. The van der Waals surface area contributed by atoms with Crippen LogP contribution in [0.2, 0.25) is 0 Å². The highest BCUT2D eigenvalue weighted by Gasteiger charge is 2.22. The predicted octanol–water partition coefficient (Wildman–Crippen LogP) is 9.16. The first-order chi connectivity index (χ1) is 17.2. The van der Waals surface area contributed by atoms with E-state index in [1.54, 1.807) is 0 Å². The average molecular weight is 483 g/mol. The number of rotatable bonds is 11. The molecule has 2 aromatic carbocycles. The van der Waals surface area contributed by atoms with Crippen LogP contribution in [0.5, 0.6) is 0 Å². The van der Waals surface area contributed by atoms with Gasteiger partial charge in [-0.1, -0.05) is 70.8 Å². The van der Waals surface area contributed by atoms with E-state index < -0.39 is 0 Å². The number of para-hydroxylation sites is 2. The zero-order valence-electron chi connectivity index (χ0n) is 23.0. The zero-order valence-corrected chi connectivity index (χ0v) is 23.0. The van der Waals surface area contributed by atoms with Crippen molar-refractivity contribution in [3.63, 3.8) is 0 Å². The topological polar surface area (TPSA) is 6.48 Å². The Morgan fingerprint density at radius 1 is 0.917 bits per heavy atom. The Morgan fingerprint density at radius 3 is 1.97 bits per heavy atom. The quantitative estimate of drug-likeness (QED) is 0.295. The number of anilines is 2. The van der Waals surface area contributed by atoms with Crippen molar-refractivity contribution < 1.29 is 0 Å². The zero-order chi connectivity index (χ0) is 26.5. The standard InChI is InChI=1S/C18H25N.C16H21N/c1-6-12-19(17-10-8-7-9-11-17)18(13-15(2)3)14-16(4)5;1-13(2)11-16-12-14(3)9-10-17(16)15-7-5-4-6-8-15/h6-11,18H,1-2,4,12-14H2,3,5H3;4-9,16H,1,10-12H2,2-3H3. The van der Waals surface area contributed by atoms with Crippen molar-refractivity contribution in [3.05, 3.63) is 121 Å². The summed E-state index contributed by atoms with van der Waals surface area (Å²) < 4.78 is 0. The number of hydrogen-bond donors (Lipinski definition) is 0. The smallest absolute Gasteiger partial charge is 0.0371 e. The van der Waals surface area contributed by atoms with E-state index in [4.69, 9.17) is 0 Å². The summed E-state index contributed by atoms with van der Waals surface area (Å²) in [5, 5.41) is 0. The first-order valence-corrected chi connectivity index (χ1v) is 13.0. The maximum Gasteiger partial charge on any atom is 0.0371 e. The van der Waals surface area contributed by atoms with Crippen LogP contribution in [0, 0.1) is 0 Å². The SMILES string of the molecule is C=C(C)CC1CC(C)=CCN1c1ccccc1.C=CCN(c1ccccc1)C(CC(=C)C)CC(=C)C. The van der Waals surface area contributed by atoms with Crippen molar-refractivity contribution in [2.24, 2.45) is 0 Å². The Labute approximate surface area is 221 Å². The summed E-state index contributed by atoms with van der Waals surface area (Å²) in [6.07, 6.45) is 8.49. The monoisotopic (exact) mass is 482 g/mol. The van der Waals surface area contributed by atoms with Gasteiger partial charge in [-0.3, -0.25) is 0 Å². The van der Waals surface area contributed by atoms with Crippen LogP contribution in [-0.4, -0.2) is 25.2 Å². The minimum atomic E-state index is 0.399. The van der Waals surface area contributed by atoms with Gasteiger partial charge in [-0.05, 0) is 77.6 Å². The van der Waals surface area contributed by atoms with Gasteiger partial charge in [0.05, 0.1) is 0 Å². The Kier molecular flexibility index (Phi) is 12.1. The van der Waals surface area contributed by atoms with Crippen LogP contribution < -0.4 is 9.80 Å². The van der Waals surface area contributed by atoms with Crippen molar-refractivity contribution in [1.82, 2.24) is 0 Å². The maximum absolute atomic E-state index is 4.06. The Balaban J connectivity index is 0.000000255. The Hall–Kier alpha value is -3.26. The maximum atomic E-state index is 4.06. The second-order valence-electron chi connectivity index (χ2n) is 10.3. The van der Waals surface area contributed by atoms with Crippen LogP contribution in [0.1, 0.15) is 53.4 Å². The third-order valence-electron chi connectivity index (χ3n) is 6.33. The van der Waals surface area contributed by atoms with Crippen LogP contribution in [-0.2, 0) is 0 Å². The fourth-order valence-corrected chi connectivity index (χ4v) is 4.81. The molecule has 1 aliphatic rings. The summed E-state index contributed by atoms with van der Waals surface area (Å²) in [4.78, 5) is 4.87. The molecule has 0 spiro atoms. The van der Waals surface area contributed by atoms with Gasteiger partial charge in [0.1, 0.15) is 0 Å². The molecule has 0 N–H and O–H groups in total. The first kappa shape index (κ1) is 29.0. The highest BCUT2D eigenvalue weighted by molar-refractivity contribution is 5.50. The van der Waals surface area contributed by atoms with E-state index in [1.807, 2.05) is 12.1 Å². The first-order valence-electron chi connectivity index (χ1n) is 13.0. The lowest BCUT2D eigenvalue weighted by Gasteiger charge is -2.37. The lowest BCUT2D eigenvalue weighted by molar-refractivity contribution is 0.578. The summed E-state index contributed by atoms with van der Waals surface area (Å²) >= 11 is 0. The molecule has 0 fully saturated rings. The lowest BCUT2D eigenvalue weighted by Crippen LogP contribution is -2.38. The molecule has 36 heavy (non-hydrogen) atoms. The predicted molar refractivity (Wildman–Crippen MR) is 162 cm³/mol. The molecular weight excluding hydrogens is 436 g/mol. The molecule has 2 nitrogen and oxygen atoms in total. The molecule has 192 valence electrons. The van der Waals surface area contributed by atoms with Crippen LogP contribution in [0.4, 0.5) is 11.4 Å². The van der Waals surface area contributed by atoms with Crippen molar-refractivity contribution in [2.75, 3.05) is 22.9 Å². The average Bonchev–Trinajstić information content (AvgIpc) is 2.83. The molecule has 1 atom stereocenters. The molecule has 0 saturated heterocycles. The molecule has 2 aromatic rings. The molecule has 0 aliphatic carbocycles. The number of nitrogens with zero attached hydrogens (tertiary/aromatic N) is 2. The van der Waals surface area contributed by atoms with Gasteiger partial charge in [-0.15, -0.1) is 26.3 Å². The van der Waals surface area contributed by atoms with E-state index in [0.717, 1.165) is 38.8 Å². The summed E-state index contributed by atoms with van der Waals surface area (Å²) in [6, 6.07) is 22.1. The fourth-order valence-electron chi connectivity index (χ4n) is 4.81. The van der Waals surface area contributed by atoms with E-state index >= 15 is 0 Å². The summed E-state index contributed by atoms with van der Waals surface area (Å²) in [7, 11) is 0. The molecular formula is C34H46N2. The molecule has 3 rings (SSSR count). The Morgan fingerprint density at radius 2 is 1.47 bits per heavy atom. The lowest BCUT2D eigenvalue weighted by atomic mass is 9.95. The van der Waals surface area contributed by atoms with E-state index in [9.17, 15) is 0 Å². The number of hydrogen-bond acceptors (Lipinski definition) is 2. The third kappa shape index (κ3) is 9.77. The summed E-state index contributed by atoms with van der Waals surface area (Å²) in [5.74, 6) is 0. The van der Waals surface area contributed by atoms with Gasteiger partial charge >= 0.3 is 0 Å². The molecule has 0 saturated carbocycles. The molecule has 0 aromatic heterocycles. The molecule has 0 bridgehead atoms. The second-order valence-corrected chi connectivity index (χ2v) is 10.3. The minimum absolute atomic E-state index is 0.399. The molecule has 0 radical (unpaired) electrons. The van der Waals surface area contributed by atoms with Gasteiger partial charge in [0.2, 0.25) is 0 Å². The number of benzene rings is 2. The molecule has 1 unspecified atom stereocenters. The third-order valence-corrected chi connectivity index (χ3v) is 6.33. The normalized spacial score (nSPS) is 14.9. The summed E-state index contributed by atoms with van der Waals surface area (Å²) in [5.41, 5.74) is 7.74.